The molecule has 0 saturated carbocycles. The number of rotatable bonds is 1. The molecule has 0 aliphatic rings. The summed E-state index contributed by atoms with van der Waals surface area (Å²) in [6.45, 7) is 3.24. The Morgan fingerprint density at radius 3 is 2.18 bits per heavy atom. The molecule has 0 fully saturated rings. The average Bonchev–Trinajstić information content (AvgIpc) is 1.85. The minimum Gasteiger partial charge on any atom is -0.368 e. The van der Waals surface area contributed by atoms with E-state index >= 15 is 0 Å². The first-order chi connectivity index (χ1) is 5.22. The molecule has 6 heteroatoms. The van der Waals surface area contributed by atoms with Crippen molar-refractivity contribution in [1.82, 2.24) is 15.0 Å². The van der Waals surface area contributed by atoms with Gasteiger partial charge in [-0.25, -0.2) is 0 Å². The molecule has 0 amide bonds. The van der Waals surface area contributed by atoms with E-state index in [0.717, 1.165) is 0 Å². The monoisotopic (exact) mass is 150 g/mol. The maximum absolute atomic E-state index is 5.24. The van der Waals surface area contributed by atoms with Gasteiger partial charge in [0.15, 0.2) is 0 Å². The zero-order chi connectivity index (χ0) is 8.27. The summed E-state index contributed by atoms with van der Waals surface area (Å²) in [7, 11) is 0. The molecule has 0 unspecified atom stereocenters. The number of nitrogen functional groups attached to an aromatic ring is 2. The van der Waals surface area contributed by atoms with E-state index in [0.29, 0.717) is 0 Å². The van der Waals surface area contributed by atoms with Crippen molar-refractivity contribution >= 4 is 23.7 Å². The highest BCUT2D eigenvalue weighted by atomic mass is 15.2. The quantitative estimate of drug-likeness (QED) is 0.526. The van der Waals surface area contributed by atoms with Gasteiger partial charge in [0.1, 0.15) is 0 Å². The van der Waals surface area contributed by atoms with Crippen LogP contribution in [0.1, 0.15) is 0 Å². The molecule has 0 aliphatic carbocycles. The topological polar surface area (TPSA) is 103 Å². The Hall–Kier alpha value is -1.94. The maximum atomic E-state index is 5.24. The predicted molar refractivity (Wildman–Crippen MR) is 41.4 cm³/mol. The summed E-state index contributed by atoms with van der Waals surface area (Å²) in [5, 5.41) is 0. The van der Waals surface area contributed by atoms with E-state index in [4.69, 9.17) is 11.5 Å². The third kappa shape index (κ3) is 1.74. The molecule has 0 radical (unpaired) electrons. The van der Waals surface area contributed by atoms with Gasteiger partial charge < -0.3 is 11.5 Å². The van der Waals surface area contributed by atoms with Crippen LogP contribution >= 0.6 is 0 Å². The SMILES string of the molecule is C=C=Nc1nc(N)nc(N)n1. The van der Waals surface area contributed by atoms with Gasteiger partial charge in [0.05, 0.1) is 0 Å². The Morgan fingerprint density at radius 2 is 1.73 bits per heavy atom. The molecular weight excluding hydrogens is 144 g/mol. The Kier molecular flexibility index (Phi) is 1.80. The zero-order valence-corrected chi connectivity index (χ0v) is 5.65. The number of aromatic nitrogens is 3. The van der Waals surface area contributed by atoms with Crippen LogP contribution in [-0.4, -0.2) is 20.8 Å². The fourth-order valence-corrected chi connectivity index (χ4v) is 0.518. The zero-order valence-electron chi connectivity index (χ0n) is 5.65. The van der Waals surface area contributed by atoms with Gasteiger partial charge in [-0.05, 0) is 12.4 Å². The second-order valence-electron chi connectivity index (χ2n) is 1.62. The fraction of sp³-hybridized carbons (Fsp3) is 0. The Balaban J connectivity index is 3.18. The van der Waals surface area contributed by atoms with Gasteiger partial charge in [-0.15, -0.1) is 0 Å². The van der Waals surface area contributed by atoms with E-state index in [9.17, 15) is 0 Å². The maximum Gasteiger partial charge on any atom is 0.264 e. The molecule has 1 heterocycles. The highest BCUT2D eigenvalue weighted by Gasteiger charge is 1.97. The second kappa shape index (κ2) is 2.76. The van der Waals surface area contributed by atoms with Crippen LogP contribution in [0.3, 0.4) is 0 Å². The van der Waals surface area contributed by atoms with Crippen LogP contribution in [0.2, 0.25) is 0 Å². The van der Waals surface area contributed by atoms with Gasteiger partial charge in [-0.3, -0.25) is 0 Å². The lowest BCUT2D eigenvalue weighted by atomic mass is 10.8. The third-order valence-electron chi connectivity index (χ3n) is 0.837. The first kappa shape index (κ1) is 7.17. The van der Waals surface area contributed by atoms with Crippen molar-refractivity contribution in [3.63, 3.8) is 0 Å². The highest BCUT2D eigenvalue weighted by Crippen LogP contribution is 2.04. The number of aliphatic imine (C=N–C) groups is 1. The molecule has 1 rings (SSSR count). The van der Waals surface area contributed by atoms with Gasteiger partial charge in [-0.2, -0.15) is 19.9 Å². The molecule has 0 saturated heterocycles. The Labute approximate surface area is 62.7 Å². The lowest BCUT2D eigenvalue weighted by Gasteiger charge is -1.93. The number of anilines is 2. The smallest absolute Gasteiger partial charge is 0.264 e. The first-order valence-electron chi connectivity index (χ1n) is 2.72. The lowest BCUT2D eigenvalue weighted by molar-refractivity contribution is 1.07. The van der Waals surface area contributed by atoms with Crippen LogP contribution in [0, 0.1) is 0 Å². The van der Waals surface area contributed by atoms with Crippen molar-refractivity contribution in [2.24, 2.45) is 4.99 Å². The molecule has 0 aliphatic heterocycles. The average molecular weight is 150 g/mol. The molecule has 11 heavy (non-hydrogen) atoms. The number of hydrogen-bond acceptors (Lipinski definition) is 6. The number of nitrogens with zero attached hydrogens (tertiary/aromatic N) is 4. The largest absolute Gasteiger partial charge is 0.368 e. The standard InChI is InChI=1S/C5H6N6/c1-2-8-5-10-3(6)9-4(7)11-5/h1H2,(H4,6,7,9,10,11). The van der Waals surface area contributed by atoms with Crippen LogP contribution in [0.4, 0.5) is 17.8 Å². The van der Waals surface area contributed by atoms with E-state index in [-0.39, 0.29) is 17.8 Å². The van der Waals surface area contributed by atoms with E-state index in [1.165, 1.54) is 0 Å². The molecule has 1 aromatic heterocycles. The molecule has 0 spiro atoms. The molecule has 6 nitrogen and oxygen atoms in total. The summed E-state index contributed by atoms with van der Waals surface area (Å²) in [5.41, 5.74) is 10.5. The highest BCUT2D eigenvalue weighted by molar-refractivity contribution is 5.52. The van der Waals surface area contributed by atoms with Gasteiger partial charge in [0.2, 0.25) is 11.9 Å². The summed E-state index contributed by atoms with van der Waals surface area (Å²) in [6, 6.07) is 0. The summed E-state index contributed by atoms with van der Waals surface area (Å²) in [4.78, 5) is 14.3. The summed E-state index contributed by atoms with van der Waals surface area (Å²) >= 11 is 0. The first-order valence-corrected chi connectivity index (χ1v) is 2.72. The fourth-order valence-electron chi connectivity index (χ4n) is 0.518. The van der Waals surface area contributed by atoms with Crippen molar-refractivity contribution in [2.45, 2.75) is 0 Å². The van der Waals surface area contributed by atoms with Crippen LogP contribution in [-0.2, 0) is 0 Å². The van der Waals surface area contributed by atoms with Crippen LogP contribution in [0.15, 0.2) is 11.6 Å². The van der Waals surface area contributed by atoms with Crippen molar-refractivity contribution in [3.05, 3.63) is 6.58 Å². The van der Waals surface area contributed by atoms with Gasteiger partial charge in [-0.1, -0.05) is 0 Å². The van der Waals surface area contributed by atoms with Crippen molar-refractivity contribution < 1.29 is 0 Å². The van der Waals surface area contributed by atoms with Gasteiger partial charge in [0, 0.05) is 0 Å². The van der Waals surface area contributed by atoms with Crippen LogP contribution in [0.25, 0.3) is 0 Å². The normalized spacial score (nSPS) is 8.73. The predicted octanol–water partition coefficient (Wildman–Crippen LogP) is -0.477. The minimum absolute atomic E-state index is 0.0338. The van der Waals surface area contributed by atoms with E-state index in [1.54, 1.807) is 0 Å². The molecule has 0 atom stereocenters. The second-order valence-corrected chi connectivity index (χ2v) is 1.62. The van der Waals surface area contributed by atoms with Gasteiger partial charge in [0.25, 0.3) is 5.95 Å². The van der Waals surface area contributed by atoms with Crippen molar-refractivity contribution in [2.75, 3.05) is 11.5 Å². The molecule has 1 aromatic rings. The number of nitrogens with two attached hydrogens (primary N) is 2. The van der Waals surface area contributed by atoms with E-state index in [2.05, 4.69) is 32.4 Å². The lowest BCUT2D eigenvalue weighted by Crippen LogP contribution is -2.01. The Morgan fingerprint density at radius 1 is 1.18 bits per heavy atom. The molecule has 0 aromatic carbocycles. The Bertz CT molecular complexity index is 292. The summed E-state index contributed by atoms with van der Waals surface area (Å²) < 4.78 is 0. The van der Waals surface area contributed by atoms with Crippen molar-refractivity contribution in [1.29, 1.82) is 0 Å². The molecule has 0 bridgehead atoms. The molecule has 56 valence electrons. The van der Waals surface area contributed by atoms with E-state index < -0.39 is 0 Å². The minimum atomic E-state index is 0.0338. The van der Waals surface area contributed by atoms with Crippen LogP contribution < -0.4 is 11.5 Å². The summed E-state index contributed by atoms with van der Waals surface area (Å²) in [5.74, 6) is 2.43. The summed E-state index contributed by atoms with van der Waals surface area (Å²) in [6.07, 6.45) is 0. The third-order valence-corrected chi connectivity index (χ3v) is 0.837. The van der Waals surface area contributed by atoms with Crippen LogP contribution in [0.5, 0.6) is 0 Å². The van der Waals surface area contributed by atoms with Crippen molar-refractivity contribution in [3.8, 4) is 0 Å². The number of hydrogen-bond donors (Lipinski definition) is 2. The molecular formula is C5H6N6. The molecule has 4 N–H and O–H groups in total. The van der Waals surface area contributed by atoms with E-state index in [1.807, 2.05) is 0 Å². The van der Waals surface area contributed by atoms with Gasteiger partial charge >= 0.3 is 0 Å².